The van der Waals surface area contributed by atoms with Gasteiger partial charge in [-0.05, 0) is 77.7 Å². The van der Waals surface area contributed by atoms with Gasteiger partial charge in [0.1, 0.15) is 5.82 Å². The van der Waals surface area contributed by atoms with E-state index < -0.39 is 0 Å². The van der Waals surface area contributed by atoms with Crippen LogP contribution in [0.15, 0.2) is 78.9 Å². The number of rotatable bonds is 4. The number of fused-ring (bicyclic) bond motifs is 1. The smallest absolute Gasteiger partial charge is 0.134 e. The van der Waals surface area contributed by atoms with Crippen LogP contribution in [0.5, 0.6) is 0 Å². The van der Waals surface area contributed by atoms with Gasteiger partial charge in [0.05, 0.1) is 11.6 Å². The maximum absolute atomic E-state index is 15.1. The van der Waals surface area contributed by atoms with Gasteiger partial charge >= 0.3 is 0 Å². The summed E-state index contributed by atoms with van der Waals surface area (Å²) in [4.78, 5) is 0. The first-order valence-electron chi connectivity index (χ1n) is 10.5. The summed E-state index contributed by atoms with van der Waals surface area (Å²) in [7, 11) is 0. The van der Waals surface area contributed by atoms with E-state index in [2.05, 4.69) is 37.0 Å². The number of hydrogen-bond donors (Lipinski definition) is 0. The minimum absolute atomic E-state index is 0.166. The average molecular weight is 404 g/mol. The van der Waals surface area contributed by atoms with Crippen molar-refractivity contribution >= 4 is 10.8 Å². The molecule has 0 unspecified atom stereocenters. The molecule has 150 valence electrons. The number of hydrogen-bond acceptors (Lipinski definition) is 1. The zero-order chi connectivity index (χ0) is 21.6. The SMILES string of the molecule is CCc1ccc(C#Cc2ccc3c(F)c(CCc4ccc(C#N)cc4)ccc3c2)cc1. The standard InChI is InChI=1S/C29H22FN/c1-2-21-3-5-22(6-4-21)7-10-24-14-18-28-27(19-24)17-16-26(29(28)30)15-13-23-8-11-25(20-31)12-9-23/h3-6,8-9,11-12,14,16-19H,2,13,15H2,1H3. The lowest BCUT2D eigenvalue weighted by atomic mass is 9.98. The average Bonchev–Trinajstić information content (AvgIpc) is 2.83. The second kappa shape index (κ2) is 9.29. The normalized spacial score (nSPS) is 10.4. The summed E-state index contributed by atoms with van der Waals surface area (Å²) in [6.45, 7) is 2.13. The van der Waals surface area contributed by atoms with Crippen molar-refractivity contribution in [2.75, 3.05) is 0 Å². The molecule has 31 heavy (non-hydrogen) atoms. The Hall–Kier alpha value is -3.88. The molecule has 0 aromatic heterocycles. The molecule has 0 aliphatic heterocycles. The van der Waals surface area contributed by atoms with Gasteiger partial charge in [-0.3, -0.25) is 0 Å². The molecule has 0 fully saturated rings. The lowest BCUT2D eigenvalue weighted by Gasteiger charge is -2.08. The van der Waals surface area contributed by atoms with E-state index >= 15 is 4.39 Å². The highest BCUT2D eigenvalue weighted by Gasteiger charge is 2.08. The maximum Gasteiger partial charge on any atom is 0.134 e. The van der Waals surface area contributed by atoms with E-state index in [1.54, 1.807) is 12.1 Å². The van der Waals surface area contributed by atoms with Gasteiger partial charge in [-0.25, -0.2) is 4.39 Å². The molecule has 4 rings (SSSR count). The highest BCUT2D eigenvalue weighted by Crippen LogP contribution is 2.23. The Balaban J connectivity index is 1.52. The molecule has 0 radical (unpaired) electrons. The van der Waals surface area contributed by atoms with Gasteiger partial charge < -0.3 is 0 Å². The van der Waals surface area contributed by atoms with Crippen molar-refractivity contribution in [3.8, 4) is 17.9 Å². The third-order valence-corrected chi connectivity index (χ3v) is 5.51. The highest BCUT2D eigenvalue weighted by molar-refractivity contribution is 5.85. The van der Waals surface area contributed by atoms with Crippen LogP contribution in [0.25, 0.3) is 10.8 Å². The van der Waals surface area contributed by atoms with Crippen LogP contribution in [0.1, 0.15) is 40.3 Å². The van der Waals surface area contributed by atoms with Crippen LogP contribution in [-0.4, -0.2) is 0 Å². The topological polar surface area (TPSA) is 23.8 Å². The summed E-state index contributed by atoms with van der Waals surface area (Å²) in [5.74, 6) is 6.21. The molecule has 0 saturated heterocycles. The van der Waals surface area contributed by atoms with Gasteiger partial charge in [-0.15, -0.1) is 0 Å². The number of nitrogens with zero attached hydrogens (tertiary/aromatic N) is 1. The zero-order valence-corrected chi connectivity index (χ0v) is 17.5. The molecule has 0 atom stereocenters. The van der Waals surface area contributed by atoms with Crippen LogP contribution < -0.4 is 0 Å². The van der Waals surface area contributed by atoms with Crippen molar-refractivity contribution in [2.45, 2.75) is 26.2 Å². The van der Waals surface area contributed by atoms with Gasteiger partial charge in [0.2, 0.25) is 0 Å². The van der Waals surface area contributed by atoms with Crippen molar-refractivity contribution in [3.63, 3.8) is 0 Å². The van der Waals surface area contributed by atoms with Crippen LogP contribution in [0.2, 0.25) is 0 Å². The fourth-order valence-corrected chi connectivity index (χ4v) is 3.60. The first kappa shape index (κ1) is 20.4. The molecular formula is C29H22FN. The van der Waals surface area contributed by atoms with Gasteiger partial charge in [0.25, 0.3) is 0 Å². The molecular weight excluding hydrogens is 381 g/mol. The predicted molar refractivity (Wildman–Crippen MR) is 124 cm³/mol. The summed E-state index contributed by atoms with van der Waals surface area (Å²) in [5, 5.41) is 10.4. The first-order chi connectivity index (χ1) is 15.2. The summed E-state index contributed by atoms with van der Waals surface area (Å²) in [6.07, 6.45) is 2.36. The minimum atomic E-state index is -0.166. The van der Waals surface area contributed by atoms with Crippen molar-refractivity contribution in [3.05, 3.63) is 118 Å². The molecule has 0 aliphatic carbocycles. The molecule has 0 amide bonds. The lowest BCUT2D eigenvalue weighted by Crippen LogP contribution is -1.96. The molecule has 1 nitrogen and oxygen atoms in total. The summed E-state index contributed by atoms with van der Waals surface area (Å²) >= 11 is 0. The quantitative estimate of drug-likeness (QED) is 0.352. The van der Waals surface area contributed by atoms with Crippen molar-refractivity contribution in [1.82, 2.24) is 0 Å². The van der Waals surface area contributed by atoms with E-state index in [-0.39, 0.29) is 5.82 Å². The van der Waals surface area contributed by atoms with E-state index in [4.69, 9.17) is 5.26 Å². The van der Waals surface area contributed by atoms with E-state index in [1.807, 2.05) is 54.6 Å². The monoisotopic (exact) mass is 403 g/mol. The number of nitriles is 1. The van der Waals surface area contributed by atoms with Gasteiger partial charge in [0, 0.05) is 16.5 Å². The van der Waals surface area contributed by atoms with E-state index in [9.17, 15) is 0 Å². The van der Waals surface area contributed by atoms with E-state index in [1.165, 1.54) is 5.56 Å². The third-order valence-electron chi connectivity index (χ3n) is 5.51. The highest BCUT2D eigenvalue weighted by atomic mass is 19.1. The van der Waals surface area contributed by atoms with Crippen LogP contribution >= 0.6 is 0 Å². The van der Waals surface area contributed by atoms with Crippen molar-refractivity contribution in [1.29, 1.82) is 5.26 Å². The molecule has 0 aliphatic rings. The molecule has 2 heteroatoms. The largest absolute Gasteiger partial charge is 0.206 e. The fraction of sp³-hybridized carbons (Fsp3) is 0.138. The lowest BCUT2D eigenvalue weighted by molar-refractivity contribution is 0.620. The van der Waals surface area contributed by atoms with Crippen LogP contribution in [-0.2, 0) is 19.3 Å². The van der Waals surface area contributed by atoms with Crippen molar-refractivity contribution < 1.29 is 4.39 Å². The first-order valence-corrected chi connectivity index (χ1v) is 10.5. The molecule has 0 saturated carbocycles. The summed E-state index contributed by atoms with van der Waals surface area (Å²) in [5.41, 5.74) is 5.57. The Bertz CT molecular complexity index is 1310. The third kappa shape index (κ3) is 4.82. The van der Waals surface area contributed by atoms with Gasteiger partial charge in [0.15, 0.2) is 0 Å². The second-order valence-electron chi connectivity index (χ2n) is 7.58. The fourth-order valence-electron chi connectivity index (χ4n) is 3.60. The maximum atomic E-state index is 15.1. The summed E-state index contributed by atoms with van der Waals surface area (Å²) < 4.78 is 15.1. The Morgan fingerprint density at radius 2 is 1.35 bits per heavy atom. The molecule has 0 N–H and O–H groups in total. The van der Waals surface area contributed by atoms with E-state index in [0.29, 0.717) is 22.9 Å². The number of halogens is 1. The molecule has 0 bridgehead atoms. The Labute approximate surface area is 182 Å². The number of benzene rings is 4. The van der Waals surface area contributed by atoms with Gasteiger partial charge in [-0.2, -0.15) is 5.26 Å². The molecule has 0 spiro atoms. The Morgan fingerprint density at radius 3 is 2.06 bits per heavy atom. The molecule has 0 heterocycles. The predicted octanol–water partition coefficient (Wildman–Crippen LogP) is 6.60. The molecule has 4 aromatic rings. The zero-order valence-electron chi connectivity index (χ0n) is 17.5. The van der Waals surface area contributed by atoms with Gasteiger partial charge in [-0.1, -0.05) is 61.2 Å². The van der Waals surface area contributed by atoms with E-state index in [0.717, 1.165) is 34.9 Å². The van der Waals surface area contributed by atoms with Crippen molar-refractivity contribution in [2.24, 2.45) is 0 Å². The Kier molecular flexibility index (Phi) is 6.11. The second-order valence-corrected chi connectivity index (χ2v) is 7.58. The molecule has 4 aromatic carbocycles. The summed E-state index contributed by atoms with van der Waals surface area (Å²) in [6, 6.07) is 27.3. The van der Waals surface area contributed by atoms with Crippen LogP contribution in [0, 0.1) is 29.0 Å². The minimum Gasteiger partial charge on any atom is -0.206 e. The van der Waals surface area contributed by atoms with Crippen LogP contribution in [0.3, 0.4) is 0 Å². The number of aryl methyl sites for hydroxylation is 3. The Morgan fingerprint density at radius 1 is 0.710 bits per heavy atom. The van der Waals surface area contributed by atoms with Crippen LogP contribution in [0.4, 0.5) is 4.39 Å².